The van der Waals surface area contributed by atoms with Crippen LogP contribution >= 0.6 is 0 Å². The molecule has 0 N–H and O–H groups in total. The van der Waals surface area contributed by atoms with E-state index in [2.05, 4.69) is 41.5 Å². The SMILES string of the molecule is CC1(C)CCCC2=C1CCC1CC3C(=O)N(CC(=O)OCOC(=O)CN4C(=O)C5CC6CCC7=C(CCCC7(C)C)C6(C)CC5C4=O)C(=O)C3CC21C. The van der Waals surface area contributed by atoms with Gasteiger partial charge in [-0.15, -0.1) is 0 Å². The van der Waals surface area contributed by atoms with Gasteiger partial charge in [0.1, 0.15) is 13.1 Å². The highest BCUT2D eigenvalue weighted by Crippen LogP contribution is 2.64. The van der Waals surface area contributed by atoms with Crippen LogP contribution in [0.4, 0.5) is 0 Å². The van der Waals surface area contributed by atoms with Crippen molar-refractivity contribution < 1.29 is 38.2 Å². The van der Waals surface area contributed by atoms with E-state index in [4.69, 9.17) is 9.47 Å². The van der Waals surface area contributed by atoms with Gasteiger partial charge < -0.3 is 9.47 Å². The number of likely N-dealkylation sites (tertiary alicyclic amines) is 2. The molecule has 4 amide bonds. The lowest BCUT2D eigenvalue weighted by Crippen LogP contribution is -2.46. The molecular weight excluding hydrogens is 672 g/mol. The zero-order chi connectivity index (χ0) is 37.8. The smallest absolute Gasteiger partial charge is 0.329 e. The summed E-state index contributed by atoms with van der Waals surface area (Å²) in [6, 6.07) is 0. The Hall–Kier alpha value is -3.30. The average Bonchev–Trinajstić information content (AvgIpc) is 3.44. The van der Waals surface area contributed by atoms with E-state index < -0.39 is 55.5 Å². The fraction of sp³-hybridized carbons (Fsp3) is 0.767. The van der Waals surface area contributed by atoms with E-state index in [0.717, 1.165) is 61.2 Å². The fourth-order valence-corrected chi connectivity index (χ4v) is 13.2. The van der Waals surface area contributed by atoms with Crippen LogP contribution in [-0.2, 0) is 38.2 Å². The summed E-state index contributed by atoms with van der Waals surface area (Å²) >= 11 is 0. The first kappa shape index (κ1) is 36.7. The Morgan fingerprint density at radius 3 is 1.34 bits per heavy atom. The van der Waals surface area contributed by atoms with Crippen LogP contribution in [0.5, 0.6) is 0 Å². The van der Waals surface area contributed by atoms with Gasteiger partial charge in [-0.05, 0) is 123 Å². The molecule has 10 nitrogen and oxygen atoms in total. The van der Waals surface area contributed by atoms with E-state index in [9.17, 15) is 28.8 Å². The Kier molecular flexibility index (Phi) is 8.73. The Morgan fingerprint density at radius 2 is 0.943 bits per heavy atom. The first-order valence-electron chi connectivity index (χ1n) is 20.4. The van der Waals surface area contributed by atoms with Gasteiger partial charge in [-0.25, -0.2) is 0 Å². The molecule has 8 atom stereocenters. The van der Waals surface area contributed by atoms with Crippen LogP contribution in [0.3, 0.4) is 0 Å². The van der Waals surface area contributed by atoms with E-state index in [-0.39, 0.29) is 45.3 Å². The van der Waals surface area contributed by atoms with Crippen molar-refractivity contribution in [3.05, 3.63) is 22.3 Å². The number of esters is 2. The Bertz CT molecular complexity index is 1610. The molecule has 0 radical (unpaired) electrons. The van der Waals surface area contributed by atoms with Crippen molar-refractivity contribution in [2.45, 2.75) is 131 Å². The predicted molar refractivity (Wildman–Crippen MR) is 194 cm³/mol. The van der Waals surface area contributed by atoms with Gasteiger partial charge in [-0.2, -0.15) is 0 Å². The molecule has 2 saturated carbocycles. The number of hydrogen-bond acceptors (Lipinski definition) is 8. The number of fused-ring (bicyclic) bond motifs is 6. The maximum absolute atomic E-state index is 13.7. The summed E-state index contributed by atoms with van der Waals surface area (Å²) < 4.78 is 10.3. The van der Waals surface area contributed by atoms with Gasteiger partial charge in [0.15, 0.2) is 0 Å². The zero-order valence-corrected chi connectivity index (χ0v) is 32.6. The quantitative estimate of drug-likeness (QED) is 0.128. The van der Waals surface area contributed by atoms with Crippen molar-refractivity contribution >= 4 is 35.6 Å². The standard InChI is InChI=1S/C43H58N2O8/c1-40(2)15-7-9-32-30(40)13-11-24-17-26-28(19-42(24,32)5)38(50)44(36(26)48)21-34(46)52-23-53-35(47)22-45-37(49)27-18-25-12-14-31-33(10-8-16-41(31,3)4)43(25,6)20-29(27)39(45)51/h24-29H,7-23H2,1-6H3. The predicted octanol–water partition coefficient (Wildman–Crippen LogP) is 6.67. The molecule has 2 saturated heterocycles. The summed E-state index contributed by atoms with van der Waals surface area (Å²) in [5.41, 5.74) is 6.21. The minimum atomic E-state index is -0.851. The Balaban J connectivity index is 0.849. The lowest BCUT2D eigenvalue weighted by molar-refractivity contribution is -0.172. The van der Waals surface area contributed by atoms with Gasteiger partial charge in [0.25, 0.3) is 0 Å². The molecule has 0 aromatic heterocycles. The molecule has 0 spiro atoms. The summed E-state index contributed by atoms with van der Waals surface area (Å²) in [6.07, 6.45) is 13.4. The second-order valence-electron chi connectivity index (χ2n) is 19.7. The largest absolute Gasteiger partial charge is 0.427 e. The average molecular weight is 731 g/mol. The number of carbonyl (C=O) groups excluding carboxylic acids is 6. The van der Waals surface area contributed by atoms with Crippen LogP contribution < -0.4 is 0 Å². The molecule has 288 valence electrons. The van der Waals surface area contributed by atoms with Crippen LogP contribution in [0.15, 0.2) is 22.3 Å². The highest BCUT2D eigenvalue weighted by Gasteiger charge is 2.60. The third kappa shape index (κ3) is 5.68. The number of imide groups is 2. The molecule has 8 rings (SSSR count). The molecule has 6 aliphatic carbocycles. The van der Waals surface area contributed by atoms with Crippen LogP contribution in [0.2, 0.25) is 0 Å². The van der Waals surface area contributed by atoms with Crippen LogP contribution in [0.25, 0.3) is 0 Å². The number of carbonyl (C=O) groups is 6. The number of amides is 4. The number of rotatable bonds is 6. The topological polar surface area (TPSA) is 127 Å². The van der Waals surface area contributed by atoms with E-state index in [0.29, 0.717) is 37.5 Å². The summed E-state index contributed by atoms with van der Waals surface area (Å²) in [7, 11) is 0. The lowest BCUT2D eigenvalue weighted by atomic mass is 9.50. The molecule has 0 bridgehead atoms. The molecule has 0 aromatic rings. The normalized spacial score (nSPS) is 38.5. The van der Waals surface area contributed by atoms with Crippen molar-refractivity contribution in [2.75, 3.05) is 19.9 Å². The number of nitrogens with zero attached hydrogens (tertiary/aromatic N) is 2. The third-order valence-corrected chi connectivity index (χ3v) is 16.2. The second kappa shape index (κ2) is 12.6. The van der Waals surface area contributed by atoms with Crippen LogP contribution in [0, 0.1) is 57.2 Å². The fourth-order valence-electron chi connectivity index (χ4n) is 13.2. The van der Waals surface area contributed by atoms with Gasteiger partial charge in [-0.3, -0.25) is 38.6 Å². The number of hydrogen-bond donors (Lipinski definition) is 0. The monoisotopic (exact) mass is 730 g/mol. The van der Waals surface area contributed by atoms with E-state index in [1.807, 2.05) is 0 Å². The molecule has 0 aromatic carbocycles. The number of allylic oxidation sites excluding steroid dienone is 4. The molecule has 10 heteroatoms. The van der Waals surface area contributed by atoms with E-state index in [1.54, 1.807) is 11.1 Å². The van der Waals surface area contributed by atoms with Gasteiger partial charge in [-0.1, -0.05) is 63.8 Å². The Morgan fingerprint density at radius 1 is 0.566 bits per heavy atom. The van der Waals surface area contributed by atoms with Gasteiger partial charge >= 0.3 is 11.9 Å². The van der Waals surface area contributed by atoms with Crippen molar-refractivity contribution in [3.63, 3.8) is 0 Å². The van der Waals surface area contributed by atoms with E-state index in [1.165, 1.54) is 24.0 Å². The van der Waals surface area contributed by atoms with Crippen molar-refractivity contribution in [3.8, 4) is 0 Å². The highest BCUT2D eigenvalue weighted by molar-refractivity contribution is 6.08. The summed E-state index contributed by atoms with van der Waals surface area (Å²) in [6.45, 7) is 12.1. The Labute approximate surface area is 313 Å². The molecule has 53 heavy (non-hydrogen) atoms. The first-order chi connectivity index (χ1) is 25.0. The summed E-state index contributed by atoms with van der Waals surface area (Å²) in [5.74, 6) is -4.08. The van der Waals surface area contributed by atoms with Gasteiger partial charge in [0.05, 0.1) is 23.7 Å². The van der Waals surface area contributed by atoms with Crippen molar-refractivity contribution in [2.24, 2.45) is 57.2 Å². The number of ether oxygens (including phenoxy) is 2. The molecular formula is C43H58N2O8. The second-order valence-corrected chi connectivity index (χ2v) is 19.7. The minimum Gasteiger partial charge on any atom is -0.427 e. The lowest BCUT2D eigenvalue weighted by Gasteiger charge is -2.54. The molecule has 2 aliphatic heterocycles. The molecule has 8 aliphatic rings. The summed E-state index contributed by atoms with van der Waals surface area (Å²) in [4.78, 5) is 82.2. The molecule has 4 fully saturated rings. The molecule has 2 heterocycles. The highest BCUT2D eigenvalue weighted by atomic mass is 16.7. The maximum atomic E-state index is 13.7. The summed E-state index contributed by atoms with van der Waals surface area (Å²) in [5, 5.41) is 0. The maximum Gasteiger partial charge on any atom is 0.329 e. The van der Waals surface area contributed by atoms with Gasteiger partial charge in [0.2, 0.25) is 30.4 Å². The zero-order valence-electron chi connectivity index (χ0n) is 32.6. The van der Waals surface area contributed by atoms with E-state index >= 15 is 0 Å². The minimum absolute atomic E-state index is 0.118. The van der Waals surface area contributed by atoms with Gasteiger partial charge in [0, 0.05) is 0 Å². The van der Waals surface area contributed by atoms with Crippen molar-refractivity contribution in [1.29, 1.82) is 0 Å². The van der Waals surface area contributed by atoms with Crippen molar-refractivity contribution in [1.82, 2.24) is 9.80 Å². The third-order valence-electron chi connectivity index (χ3n) is 16.2. The van der Waals surface area contributed by atoms with Crippen LogP contribution in [-0.4, -0.2) is 65.2 Å². The molecule has 8 unspecified atom stereocenters. The van der Waals surface area contributed by atoms with Crippen LogP contribution in [0.1, 0.15) is 131 Å². The first-order valence-corrected chi connectivity index (χ1v) is 20.4.